The molecule has 1 nitrogen and oxygen atoms in total. The van der Waals surface area contributed by atoms with Crippen LogP contribution in [0.1, 0.15) is 71.6 Å². The topological polar surface area (TPSA) is 17.1 Å². The molecule has 2 saturated carbocycles. The minimum absolute atomic E-state index is 0.709. The summed E-state index contributed by atoms with van der Waals surface area (Å²) in [6.45, 7) is 4.88. The number of hydrogen-bond acceptors (Lipinski definition) is 1. The Morgan fingerprint density at radius 1 is 0.833 bits per heavy atom. The molecule has 0 aromatic rings. The van der Waals surface area contributed by atoms with Gasteiger partial charge in [0.1, 0.15) is 6.29 Å². The van der Waals surface area contributed by atoms with Crippen molar-refractivity contribution >= 4 is 6.29 Å². The van der Waals surface area contributed by atoms with E-state index in [4.69, 9.17) is 0 Å². The molecule has 0 aromatic carbocycles. The van der Waals surface area contributed by atoms with Gasteiger partial charge in [-0.15, -0.1) is 0 Å². The molecule has 104 valence electrons. The Morgan fingerprint density at radius 2 is 1.50 bits per heavy atom. The van der Waals surface area contributed by atoms with Gasteiger partial charge in [-0.1, -0.05) is 20.3 Å². The van der Waals surface area contributed by atoms with Crippen molar-refractivity contribution in [1.29, 1.82) is 0 Å². The smallest absolute Gasteiger partial charge is 0.120 e. The molecule has 0 spiro atoms. The zero-order valence-corrected chi connectivity index (χ0v) is 12.2. The maximum Gasteiger partial charge on any atom is 0.120 e. The van der Waals surface area contributed by atoms with Crippen LogP contribution in [0.3, 0.4) is 0 Å². The minimum Gasteiger partial charge on any atom is -0.303 e. The highest BCUT2D eigenvalue weighted by Crippen LogP contribution is 2.42. The maximum absolute atomic E-state index is 10.6. The zero-order chi connectivity index (χ0) is 13.0. The van der Waals surface area contributed by atoms with E-state index in [0.29, 0.717) is 5.92 Å². The molecule has 0 N–H and O–H groups in total. The fraction of sp³-hybridized carbons (Fsp3) is 0.941. The molecule has 0 saturated heterocycles. The van der Waals surface area contributed by atoms with Crippen LogP contribution in [-0.2, 0) is 4.79 Å². The number of carbonyl (C=O) groups is 1. The van der Waals surface area contributed by atoms with E-state index in [1.54, 1.807) is 0 Å². The van der Waals surface area contributed by atoms with E-state index in [1.807, 2.05) is 0 Å². The van der Waals surface area contributed by atoms with Crippen molar-refractivity contribution in [2.45, 2.75) is 71.6 Å². The number of aldehydes is 1. The van der Waals surface area contributed by atoms with Crippen LogP contribution in [0.5, 0.6) is 0 Å². The molecule has 0 aromatic heterocycles. The fourth-order valence-electron chi connectivity index (χ4n) is 4.49. The predicted octanol–water partition coefficient (Wildman–Crippen LogP) is 4.84. The average Bonchev–Trinajstić information content (AvgIpc) is 2.52. The Morgan fingerprint density at radius 3 is 2.17 bits per heavy atom. The summed E-state index contributed by atoms with van der Waals surface area (Å²) in [4.78, 5) is 10.6. The van der Waals surface area contributed by atoms with Crippen molar-refractivity contribution in [2.24, 2.45) is 29.6 Å². The van der Waals surface area contributed by atoms with E-state index in [0.717, 1.165) is 36.4 Å². The molecular formula is C17H30O. The number of hydrogen-bond donors (Lipinski definition) is 0. The van der Waals surface area contributed by atoms with Crippen LogP contribution in [-0.4, -0.2) is 6.29 Å². The summed E-state index contributed by atoms with van der Waals surface area (Å²) in [6.07, 6.45) is 13.2. The summed E-state index contributed by atoms with van der Waals surface area (Å²) in [7, 11) is 0. The van der Waals surface area contributed by atoms with Gasteiger partial charge in [-0.3, -0.25) is 0 Å². The van der Waals surface area contributed by atoms with Gasteiger partial charge in [0, 0.05) is 6.42 Å². The maximum atomic E-state index is 10.6. The van der Waals surface area contributed by atoms with Gasteiger partial charge in [-0.2, -0.15) is 0 Å². The van der Waals surface area contributed by atoms with Gasteiger partial charge >= 0.3 is 0 Å². The molecule has 3 unspecified atom stereocenters. The van der Waals surface area contributed by atoms with Crippen LogP contribution in [0.2, 0.25) is 0 Å². The first-order valence-electron chi connectivity index (χ1n) is 8.12. The summed E-state index contributed by atoms with van der Waals surface area (Å²) in [5, 5.41) is 0. The molecule has 18 heavy (non-hydrogen) atoms. The molecule has 0 heterocycles. The second kappa shape index (κ2) is 6.73. The van der Waals surface area contributed by atoms with E-state index in [1.165, 1.54) is 51.4 Å². The van der Waals surface area contributed by atoms with E-state index >= 15 is 0 Å². The van der Waals surface area contributed by atoms with Gasteiger partial charge in [0.15, 0.2) is 0 Å². The van der Waals surface area contributed by atoms with Crippen LogP contribution < -0.4 is 0 Å². The summed E-state index contributed by atoms with van der Waals surface area (Å²) in [5.74, 6) is 4.54. The van der Waals surface area contributed by atoms with E-state index in [2.05, 4.69) is 13.8 Å². The third-order valence-electron chi connectivity index (χ3n) is 5.53. The van der Waals surface area contributed by atoms with Gasteiger partial charge in [0.2, 0.25) is 0 Å². The lowest BCUT2D eigenvalue weighted by Gasteiger charge is -2.33. The molecule has 2 aliphatic carbocycles. The summed E-state index contributed by atoms with van der Waals surface area (Å²) >= 11 is 0. The quantitative estimate of drug-likeness (QED) is 0.517. The Hall–Kier alpha value is -0.330. The highest BCUT2D eigenvalue weighted by Gasteiger charge is 2.30. The molecule has 0 aliphatic heterocycles. The number of carbonyl (C=O) groups excluding carboxylic acids is 1. The van der Waals surface area contributed by atoms with Crippen LogP contribution in [0.4, 0.5) is 0 Å². The first kappa shape index (κ1) is 14.1. The summed E-state index contributed by atoms with van der Waals surface area (Å²) < 4.78 is 0. The lowest BCUT2D eigenvalue weighted by atomic mass is 9.72. The van der Waals surface area contributed by atoms with Gasteiger partial charge in [0.05, 0.1) is 0 Å². The van der Waals surface area contributed by atoms with Gasteiger partial charge in [-0.25, -0.2) is 0 Å². The molecule has 2 aliphatic rings. The second-order valence-electron chi connectivity index (χ2n) is 7.20. The fourth-order valence-corrected chi connectivity index (χ4v) is 4.49. The highest BCUT2D eigenvalue weighted by molar-refractivity contribution is 5.49. The first-order chi connectivity index (χ1) is 8.69. The SMILES string of the molecule is CC1CCC(C2CCC(CC=O)CC2)CC(C)C1. The number of rotatable bonds is 3. The molecule has 3 atom stereocenters. The van der Waals surface area contributed by atoms with Crippen molar-refractivity contribution in [3.63, 3.8) is 0 Å². The second-order valence-corrected chi connectivity index (χ2v) is 7.20. The Bertz CT molecular complexity index is 252. The Labute approximate surface area is 113 Å². The Balaban J connectivity index is 1.83. The molecule has 1 heteroatoms. The normalized spacial score (nSPS) is 42.2. The van der Waals surface area contributed by atoms with Crippen molar-refractivity contribution in [2.75, 3.05) is 0 Å². The van der Waals surface area contributed by atoms with Crippen LogP contribution in [0, 0.1) is 29.6 Å². The molecule has 0 amide bonds. The van der Waals surface area contributed by atoms with E-state index < -0.39 is 0 Å². The van der Waals surface area contributed by atoms with E-state index in [9.17, 15) is 4.79 Å². The first-order valence-corrected chi connectivity index (χ1v) is 8.12. The molecule has 0 bridgehead atoms. The molecule has 2 fully saturated rings. The Kier molecular flexibility index (Phi) is 5.26. The van der Waals surface area contributed by atoms with Crippen LogP contribution >= 0.6 is 0 Å². The lowest BCUT2D eigenvalue weighted by molar-refractivity contribution is -0.108. The third-order valence-corrected chi connectivity index (χ3v) is 5.53. The molecular weight excluding hydrogens is 220 g/mol. The average molecular weight is 250 g/mol. The largest absolute Gasteiger partial charge is 0.303 e. The van der Waals surface area contributed by atoms with Gasteiger partial charge in [-0.05, 0) is 74.5 Å². The predicted molar refractivity (Wildman–Crippen MR) is 76.4 cm³/mol. The van der Waals surface area contributed by atoms with Crippen LogP contribution in [0.25, 0.3) is 0 Å². The molecule has 2 rings (SSSR count). The zero-order valence-electron chi connectivity index (χ0n) is 12.2. The third kappa shape index (κ3) is 3.83. The minimum atomic E-state index is 0.709. The summed E-state index contributed by atoms with van der Waals surface area (Å²) in [6, 6.07) is 0. The van der Waals surface area contributed by atoms with Crippen molar-refractivity contribution in [3.05, 3.63) is 0 Å². The molecule has 0 radical (unpaired) electrons. The van der Waals surface area contributed by atoms with Gasteiger partial charge < -0.3 is 4.79 Å². The highest BCUT2D eigenvalue weighted by atomic mass is 16.1. The van der Waals surface area contributed by atoms with Gasteiger partial charge in [0.25, 0.3) is 0 Å². The standard InChI is InChI=1S/C17H30O/c1-13-3-6-17(12-14(2)11-13)16-7-4-15(5-8-16)9-10-18/h10,13-17H,3-9,11-12H2,1-2H3. The monoisotopic (exact) mass is 250 g/mol. The van der Waals surface area contributed by atoms with Crippen molar-refractivity contribution in [1.82, 2.24) is 0 Å². The van der Waals surface area contributed by atoms with E-state index in [-0.39, 0.29) is 0 Å². The van der Waals surface area contributed by atoms with Crippen molar-refractivity contribution < 1.29 is 4.79 Å². The summed E-state index contributed by atoms with van der Waals surface area (Å²) in [5.41, 5.74) is 0. The van der Waals surface area contributed by atoms with Crippen molar-refractivity contribution in [3.8, 4) is 0 Å². The van der Waals surface area contributed by atoms with Crippen LogP contribution in [0.15, 0.2) is 0 Å². The lowest BCUT2D eigenvalue weighted by Crippen LogP contribution is -2.22.